The van der Waals surface area contributed by atoms with Gasteiger partial charge in [-0.2, -0.15) is 5.10 Å². The Balaban J connectivity index is 1.69. The van der Waals surface area contributed by atoms with Crippen molar-refractivity contribution in [1.29, 1.82) is 0 Å². The van der Waals surface area contributed by atoms with Gasteiger partial charge in [-0.05, 0) is 30.2 Å². The number of hydrogen-bond donors (Lipinski definition) is 4. The van der Waals surface area contributed by atoms with Gasteiger partial charge in [0.25, 0.3) is 11.8 Å². The maximum Gasteiger partial charge on any atom is 0.254 e. The average Bonchev–Trinajstić information content (AvgIpc) is 3.21. The average molecular weight is 426 g/mol. The van der Waals surface area contributed by atoms with E-state index >= 15 is 0 Å². The molecule has 2 atom stereocenters. The molecular weight excluding hydrogens is 406 g/mol. The number of carbonyl (C=O) groups is 2. The number of aliphatic hydroxyl groups excluding tert-OH is 1. The maximum absolute atomic E-state index is 13.4. The van der Waals surface area contributed by atoms with Crippen molar-refractivity contribution in [3.63, 3.8) is 0 Å². The summed E-state index contributed by atoms with van der Waals surface area (Å²) in [5.74, 6) is -3.24. The summed E-state index contributed by atoms with van der Waals surface area (Å²) in [4.78, 5) is 25.0. The summed E-state index contributed by atoms with van der Waals surface area (Å²) in [6, 6.07) is 12.1. The molecule has 0 saturated heterocycles. The zero-order valence-corrected chi connectivity index (χ0v) is 16.5. The second-order valence-corrected chi connectivity index (χ2v) is 6.64. The lowest BCUT2D eigenvalue weighted by Gasteiger charge is -2.17. The van der Waals surface area contributed by atoms with E-state index in [0.29, 0.717) is 11.8 Å². The number of H-pyrrole nitrogens is 1. The van der Waals surface area contributed by atoms with E-state index < -0.39 is 35.6 Å². The molecule has 0 aliphatic rings. The van der Waals surface area contributed by atoms with Crippen molar-refractivity contribution in [2.75, 3.05) is 5.32 Å². The van der Waals surface area contributed by atoms with E-state index in [2.05, 4.69) is 20.8 Å². The Bertz CT molecular complexity index is 1080. The van der Waals surface area contributed by atoms with Crippen LogP contribution in [0.15, 0.2) is 66.7 Å². The highest BCUT2D eigenvalue weighted by Gasteiger charge is 2.25. The van der Waals surface area contributed by atoms with Gasteiger partial charge in [0.2, 0.25) is 0 Å². The van der Waals surface area contributed by atoms with Crippen LogP contribution in [0.3, 0.4) is 0 Å². The number of aromatic nitrogens is 2. The molecule has 0 aliphatic heterocycles. The molecule has 0 saturated carbocycles. The largest absolute Gasteiger partial charge is 0.378 e. The van der Waals surface area contributed by atoms with Crippen molar-refractivity contribution in [3.05, 3.63) is 83.9 Å². The van der Waals surface area contributed by atoms with Crippen LogP contribution < -0.4 is 10.6 Å². The molecule has 3 rings (SSSR count). The van der Waals surface area contributed by atoms with Crippen molar-refractivity contribution in [2.24, 2.45) is 0 Å². The van der Waals surface area contributed by atoms with Crippen molar-refractivity contribution in [3.8, 4) is 11.3 Å². The Kier molecular flexibility index (Phi) is 6.88. The van der Waals surface area contributed by atoms with Crippen LogP contribution >= 0.6 is 0 Å². The molecule has 31 heavy (non-hydrogen) atoms. The Hall–Kier alpha value is -3.85. The summed E-state index contributed by atoms with van der Waals surface area (Å²) in [5, 5.41) is 21.9. The lowest BCUT2D eigenvalue weighted by atomic mass is 10.1. The molecule has 3 aromatic rings. The third-order valence-corrected chi connectivity index (χ3v) is 4.33. The number of aliphatic hydroxyl groups is 1. The molecule has 9 heteroatoms. The van der Waals surface area contributed by atoms with Crippen molar-refractivity contribution in [1.82, 2.24) is 15.5 Å². The van der Waals surface area contributed by atoms with Crippen molar-refractivity contribution < 1.29 is 23.5 Å². The van der Waals surface area contributed by atoms with Gasteiger partial charge in [-0.1, -0.05) is 42.5 Å². The molecule has 0 radical (unpaired) electrons. The maximum atomic E-state index is 13.4. The number of nitrogens with zero attached hydrogens (tertiary/aromatic N) is 1. The highest BCUT2D eigenvalue weighted by Crippen LogP contribution is 2.20. The molecule has 7 nitrogen and oxygen atoms in total. The van der Waals surface area contributed by atoms with E-state index in [1.165, 1.54) is 6.08 Å². The van der Waals surface area contributed by atoms with E-state index in [9.17, 15) is 23.5 Å². The topological polar surface area (TPSA) is 107 Å². The third-order valence-electron chi connectivity index (χ3n) is 4.33. The van der Waals surface area contributed by atoms with E-state index in [-0.39, 0.29) is 11.4 Å². The summed E-state index contributed by atoms with van der Waals surface area (Å²) in [6.07, 6.45) is 1.08. The van der Waals surface area contributed by atoms with Crippen LogP contribution in [-0.2, 0) is 9.59 Å². The second kappa shape index (κ2) is 9.77. The number of aromatic amines is 1. The van der Waals surface area contributed by atoms with Gasteiger partial charge < -0.3 is 15.7 Å². The first-order valence-corrected chi connectivity index (χ1v) is 9.36. The molecule has 0 spiro atoms. The molecular formula is C22H20F2N4O3. The number of benzene rings is 2. The monoisotopic (exact) mass is 426 g/mol. The second-order valence-electron chi connectivity index (χ2n) is 6.64. The fraction of sp³-hybridized carbons (Fsp3) is 0.136. The zero-order valence-electron chi connectivity index (χ0n) is 16.5. The first-order chi connectivity index (χ1) is 14.9. The highest BCUT2D eigenvalue weighted by atomic mass is 19.1. The number of allylic oxidation sites excluding steroid dienone is 1. The molecule has 2 unspecified atom stereocenters. The van der Waals surface area contributed by atoms with Gasteiger partial charge in [0.05, 0.1) is 5.69 Å². The molecule has 0 aliphatic carbocycles. The van der Waals surface area contributed by atoms with Gasteiger partial charge in [-0.15, -0.1) is 0 Å². The van der Waals surface area contributed by atoms with E-state index in [0.717, 1.165) is 17.7 Å². The first kappa shape index (κ1) is 21.8. The van der Waals surface area contributed by atoms with Crippen LogP contribution in [0.4, 0.5) is 14.6 Å². The van der Waals surface area contributed by atoms with Gasteiger partial charge in [0, 0.05) is 12.1 Å². The van der Waals surface area contributed by atoms with Crippen LogP contribution in [-0.4, -0.2) is 33.2 Å². The molecule has 0 fully saturated rings. The van der Waals surface area contributed by atoms with Crippen molar-refractivity contribution >= 4 is 17.6 Å². The smallest absolute Gasteiger partial charge is 0.254 e. The van der Waals surface area contributed by atoms with Gasteiger partial charge in [-0.3, -0.25) is 14.7 Å². The minimum absolute atomic E-state index is 0.236. The first-order valence-electron chi connectivity index (χ1n) is 9.36. The van der Waals surface area contributed by atoms with Gasteiger partial charge in [0.1, 0.15) is 17.7 Å². The molecule has 160 valence electrons. The van der Waals surface area contributed by atoms with Crippen LogP contribution in [0.2, 0.25) is 0 Å². The normalized spacial score (nSPS) is 13.0. The number of rotatable bonds is 7. The van der Waals surface area contributed by atoms with E-state index in [4.69, 9.17) is 0 Å². The number of nitrogens with one attached hydrogen (secondary N) is 3. The molecule has 1 aromatic heterocycles. The number of amides is 2. The number of carbonyl (C=O) groups excluding carboxylic acids is 2. The van der Waals surface area contributed by atoms with Crippen LogP contribution in [0.5, 0.6) is 0 Å². The predicted molar refractivity (Wildman–Crippen MR) is 111 cm³/mol. The lowest BCUT2D eigenvalue weighted by molar-refractivity contribution is -0.132. The lowest BCUT2D eigenvalue weighted by Crippen LogP contribution is -2.44. The Labute approximate surface area is 176 Å². The number of hydrogen-bond acceptors (Lipinski definition) is 4. The Morgan fingerprint density at radius 2 is 1.74 bits per heavy atom. The summed E-state index contributed by atoms with van der Waals surface area (Å²) >= 11 is 0. The summed E-state index contributed by atoms with van der Waals surface area (Å²) in [6.45, 7) is 1.65. The predicted octanol–water partition coefficient (Wildman–Crippen LogP) is 3.09. The minimum atomic E-state index is -1.86. The standard InChI is InChI=1S/C22H20F2N4O3/c1-2-6-17(25-22(31)20(29)14-9-15(23)11-16(24)10-14)21(30)26-19-12-18(27-28-19)13-7-4-3-5-8-13/h2-12,17,20,29H,1H3,(H,25,31)(H2,26,27,28,30)/b6-2+. The molecule has 4 N–H and O–H groups in total. The van der Waals surface area contributed by atoms with Crippen LogP contribution in [0.25, 0.3) is 11.3 Å². The quantitative estimate of drug-likeness (QED) is 0.436. The number of halogens is 2. The summed E-state index contributed by atoms with van der Waals surface area (Å²) in [7, 11) is 0. The van der Waals surface area contributed by atoms with Crippen molar-refractivity contribution in [2.45, 2.75) is 19.1 Å². The van der Waals surface area contributed by atoms with Gasteiger partial charge in [0.15, 0.2) is 11.9 Å². The van der Waals surface area contributed by atoms with Crippen LogP contribution in [0, 0.1) is 11.6 Å². The molecule has 2 amide bonds. The highest BCUT2D eigenvalue weighted by molar-refractivity contribution is 5.98. The fourth-order valence-corrected chi connectivity index (χ4v) is 2.87. The number of anilines is 1. The SMILES string of the molecule is C/C=C/C(NC(=O)C(O)c1cc(F)cc(F)c1)C(=O)Nc1cc(-c2ccccc2)[nH]n1. The van der Waals surface area contributed by atoms with E-state index in [1.54, 1.807) is 19.1 Å². The Morgan fingerprint density at radius 3 is 2.39 bits per heavy atom. The van der Waals surface area contributed by atoms with Crippen LogP contribution in [0.1, 0.15) is 18.6 Å². The summed E-state index contributed by atoms with van der Waals surface area (Å²) < 4.78 is 26.7. The fourth-order valence-electron chi connectivity index (χ4n) is 2.87. The summed E-state index contributed by atoms with van der Waals surface area (Å²) in [5.41, 5.74) is 1.29. The Morgan fingerprint density at radius 1 is 1.06 bits per heavy atom. The van der Waals surface area contributed by atoms with Gasteiger partial charge >= 0.3 is 0 Å². The molecule has 1 heterocycles. The molecule has 0 bridgehead atoms. The molecule has 2 aromatic carbocycles. The van der Waals surface area contributed by atoms with Gasteiger partial charge in [-0.25, -0.2) is 8.78 Å². The van der Waals surface area contributed by atoms with E-state index in [1.807, 2.05) is 30.3 Å². The zero-order chi connectivity index (χ0) is 22.4. The third kappa shape index (κ3) is 5.61. The minimum Gasteiger partial charge on any atom is -0.378 e.